The molecule has 0 spiro atoms. The van der Waals surface area contributed by atoms with Gasteiger partial charge in [0, 0.05) is 0 Å². The molecule has 3 heteroatoms. The van der Waals surface area contributed by atoms with Crippen molar-refractivity contribution >= 4 is 11.6 Å². The van der Waals surface area contributed by atoms with Crippen LogP contribution >= 0.6 is 0 Å². The van der Waals surface area contributed by atoms with Gasteiger partial charge in [0.25, 0.3) is 0 Å². The Morgan fingerprint density at radius 2 is 2.07 bits per heavy atom. The van der Waals surface area contributed by atoms with E-state index in [0.29, 0.717) is 0 Å². The van der Waals surface area contributed by atoms with E-state index in [1.165, 1.54) is 5.56 Å². The monoisotopic (exact) mass is 259 g/mol. The summed E-state index contributed by atoms with van der Waals surface area (Å²) in [5.74, 6) is 0.0948. The summed E-state index contributed by atoms with van der Waals surface area (Å²) in [5.41, 5.74) is 2.05. The smallest absolute Gasteiger partial charge is 0.626 e. The third-order valence-electron chi connectivity index (χ3n) is 2.49. The molecule has 0 saturated carbocycles. The quantitative estimate of drug-likeness (QED) is 0.635. The molecule has 1 aromatic rings. The van der Waals surface area contributed by atoms with Crippen LogP contribution in [0.15, 0.2) is 24.3 Å². The molecule has 1 unspecified atom stereocenters. The van der Waals surface area contributed by atoms with Gasteiger partial charge >= 0.3 is 58.2 Å². The maximum absolute atomic E-state index is 11.4. The molecule has 0 N–H and O–H groups in total. The molecule has 14 heavy (non-hydrogen) atoms. The summed E-state index contributed by atoms with van der Waals surface area (Å²) in [6, 6.07) is 7.87. The average Bonchev–Trinajstić information content (AvgIpc) is 2.28. The zero-order chi connectivity index (χ0) is 9.26. The van der Waals surface area contributed by atoms with Gasteiger partial charge in [-0.3, -0.25) is 0 Å². The van der Waals surface area contributed by atoms with Gasteiger partial charge in [0.1, 0.15) is 0 Å². The van der Waals surface area contributed by atoms with Crippen LogP contribution in [0.2, 0.25) is 0 Å². The van der Waals surface area contributed by atoms with Gasteiger partial charge in [-0.1, -0.05) is 36.8 Å². The van der Waals surface area contributed by atoms with Gasteiger partial charge < -0.3 is 10.1 Å². The number of para-hydroxylation sites is 1. The summed E-state index contributed by atoms with van der Waals surface area (Å²) in [7, 11) is 0. The van der Waals surface area contributed by atoms with E-state index in [0.717, 1.165) is 18.5 Å². The Bertz CT molecular complexity index is 338. The van der Waals surface area contributed by atoms with E-state index in [1.54, 1.807) is 0 Å². The van der Waals surface area contributed by atoms with Crippen LogP contribution in [-0.4, -0.2) is 5.91 Å². The molecule has 1 amide bonds. The number of rotatable bonds is 0. The second kappa shape index (κ2) is 5.54. The van der Waals surface area contributed by atoms with E-state index in [-0.39, 0.29) is 70.0 Å². The Morgan fingerprint density at radius 1 is 1.36 bits per heavy atom. The molecule has 0 fully saturated rings. The summed E-state index contributed by atoms with van der Waals surface area (Å²) in [5, 5.41) is 4.08. The first-order valence-electron chi connectivity index (χ1n) is 4.61. The number of amides is 1. The predicted molar refractivity (Wildman–Crippen MR) is 52.0 cm³/mol. The summed E-state index contributed by atoms with van der Waals surface area (Å²) in [4.78, 5) is 11.4. The van der Waals surface area contributed by atoms with Gasteiger partial charge in [-0.05, 0) is 18.8 Å². The van der Waals surface area contributed by atoms with Crippen molar-refractivity contribution in [1.82, 2.24) is 0 Å². The fourth-order valence-electron chi connectivity index (χ4n) is 1.56. The Balaban J connectivity index is 0.000000980. The fraction of sp³-hybridized carbons (Fsp3) is 0.364. The normalized spacial score (nSPS) is 20.1. The number of benzene rings is 1. The van der Waals surface area contributed by atoms with Gasteiger partial charge in [0.15, 0.2) is 0 Å². The van der Waals surface area contributed by atoms with Crippen LogP contribution in [0.25, 0.3) is 5.32 Å². The van der Waals surface area contributed by atoms with Crippen LogP contribution < -0.4 is 58.2 Å². The van der Waals surface area contributed by atoms with Crippen LogP contribution in [0.5, 0.6) is 0 Å². The van der Waals surface area contributed by atoms with Crippen LogP contribution in [0.3, 0.4) is 0 Å². The van der Waals surface area contributed by atoms with Crippen molar-refractivity contribution in [3.63, 3.8) is 0 Å². The fourth-order valence-corrected chi connectivity index (χ4v) is 1.56. The molecular weight excluding hydrogens is 248 g/mol. The van der Waals surface area contributed by atoms with Crippen LogP contribution in [0, 0.1) is 5.92 Å². The van der Waals surface area contributed by atoms with Crippen LogP contribution in [0.1, 0.15) is 18.9 Å². The zero-order valence-corrected chi connectivity index (χ0v) is 13.6. The third kappa shape index (κ3) is 2.75. The second-order valence-electron chi connectivity index (χ2n) is 3.52. The van der Waals surface area contributed by atoms with Crippen molar-refractivity contribution in [2.75, 3.05) is 0 Å². The Kier molecular flexibility index (Phi) is 4.98. The summed E-state index contributed by atoms with van der Waals surface area (Å²) in [6.45, 7) is 1.94. The molecule has 2 rings (SSSR count). The molecule has 1 atom stereocenters. The first-order valence-corrected chi connectivity index (χ1v) is 4.61. The molecule has 2 nitrogen and oxygen atoms in total. The van der Waals surface area contributed by atoms with Crippen molar-refractivity contribution in [1.29, 1.82) is 0 Å². The molecule has 1 heterocycles. The van der Waals surface area contributed by atoms with Gasteiger partial charge in [-0.2, -0.15) is 0 Å². The molecule has 68 valence electrons. The number of carbonyl (C=O) groups excluding carboxylic acids is 1. The van der Waals surface area contributed by atoms with Crippen molar-refractivity contribution in [2.45, 2.75) is 19.8 Å². The van der Waals surface area contributed by atoms with Gasteiger partial charge in [0.2, 0.25) is 0 Å². The zero-order valence-electron chi connectivity index (χ0n) is 8.66. The largest absolute Gasteiger partial charge is 1.00 e. The standard InChI is InChI=1S/C11H13NO.Rb/c1-8-6-7-9-4-2-3-5-10(9)12-11(8)13;/h2-5,8H,6-7H2,1H3,(H,12,13);/q;+1/p-1. The van der Waals surface area contributed by atoms with Crippen molar-refractivity contribution in [3.05, 3.63) is 35.1 Å². The van der Waals surface area contributed by atoms with Gasteiger partial charge in [0.05, 0.1) is 5.91 Å². The third-order valence-corrected chi connectivity index (χ3v) is 2.49. The van der Waals surface area contributed by atoms with E-state index in [9.17, 15) is 4.79 Å². The van der Waals surface area contributed by atoms with Crippen molar-refractivity contribution in [2.24, 2.45) is 5.92 Å². The van der Waals surface area contributed by atoms with E-state index in [2.05, 4.69) is 5.32 Å². The van der Waals surface area contributed by atoms with Crippen LogP contribution in [0.4, 0.5) is 5.69 Å². The first-order chi connectivity index (χ1) is 6.27. The predicted octanol–water partition coefficient (Wildman–Crippen LogP) is -0.195. The minimum atomic E-state index is 0. The first kappa shape index (κ1) is 12.6. The number of fused-ring (bicyclic) bond motifs is 1. The Morgan fingerprint density at radius 3 is 2.86 bits per heavy atom. The SMILES string of the molecule is CC1CCc2ccccc2[N-]C1=O.[Rb+]. The average molecular weight is 260 g/mol. The Labute approximate surface area is 133 Å². The van der Waals surface area contributed by atoms with E-state index in [4.69, 9.17) is 0 Å². The molecule has 0 radical (unpaired) electrons. The van der Waals surface area contributed by atoms with Crippen molar-refractivity contribution in [3.8, 4) is 0 Å². The number of aryl methyl sites for hydroxylation is 1. The molecule has 0 aliphatic carbocycles. The van der Waals surface area contributed by atoms with E-state index in [1.807, 2.05) is 31.2 Å². The van der Waals surface area contributed by atoms with E-state index >= 15 is 0 Å². The molecule has 0 bridgehead atoms. The summed E-state index contributed by atoms with van der Waals surface area (Å²) < 4.78 is 0. The minimum Gasteiger partial charge on any atom is -0.626 e. The number of carbonyl (C=O) groups is 1. The van der Waals surface area contributed by atoms with E-state index < -0.39 is 0 Å². The second-order valence-corrected chi connectivity index (χ2v) is 3.52. The topological polar surface area (TPSA) is 31.2 Å². The molecule has 0 saturated heterocycles. The van der Waals surface area contributed by atoms with Gasteiger partial charge in [-0.15, -0.1) is 5.69 Å². The molecule has 1 aliphatic rings. The number of hydrogen-bond acceptors (Lipinski definition) is 1. The number of nitrogens with zero attached hydrogens (tertiary/aromatic N) is 1. The van der Waals surface area contributed by atoms with Gasteiger partial charge in [-0.25, -0.2) is 0 Å². The minimum absolute atomic E-state index is 0. The molecule has 1 aromatic carbocycles. The maximum Gasteiger partial charge on any atom is 1.00 e. The van der Waals surface area contributed by atoms with Crippen molar-refractivity contribution < 1.29 is 63.0 Å². The summed E-state index contributed by atoms with van der Waals surface area (Å²) in [6.07, 6.45) is 1.88. The molecule has 0 aromatic heterocycles. The number of hydrogen-bond donors (Lipinski definition) is 0. The van der Waals surface area contributed by atoms with Crippen LogP contribution in [-0.2, 0) is 11.2 Å². The Hall–Kier alpha value is 0.495. The molecule has 1 aliphatic heterocycles. The summed E-state index contributed by atoms with van der Waals surface area (Å²) >= 11 is 0. The molecular formula is C11H12NORb. The maximum atomic E-state index is 11.4.